The lowest BCUT2D eigenvalue weighted by atomic mass is 10.2. The molecule has 1 aliphatic heterocycles. The molecule has 0 aliphatic carbocycles. The molecule has 1 atom stereocenters. The quantitative estimate of drug-likeness (QED) is 0.450. The average Bonchev–Trinajstić information content (AvgIpc) is 3.50. The minimum atomic E-state index is -3.67. The molecule has 1 fully saturated rings. The fraction of sp³-hybridized carbons (Fsp3) is 0.300. The fourth-order valence-electron chi connectivity index (χ4n) is 3.27. The second kappa shape index (κ2) is 9.76. The molecule has 0 bridgehead atoms. The molecule has 32 heavy (non-hydrogen) atoms. The first kappa shape index (κ1) is 23.6. The van der Waals surface area contributed by atoms with Gasteiger partial charge in [-0.15, -0.1) is 22.7 Å². The second-order valence-corrected chi connectivity index (χ2v) is 12.4. The van der Waals surface area contributed by atoms with E-state index < -0.39 is 15.9 Å². The summed E-state index contributed by atoms with van der Waals surface area (Å²) in [4.78, 5) is 17.1. The number of rotatable bonds is 7. The predicted octanol–water partition coefficient (Wildman–Crippen LogP) is 5.23. The first-order chi connectivity index (χ1) is 15.2. The number of nitrogens with zero attached hydrogens (tertiary/aromatic N) is 2. The lowest BCUT2D eigenvalue weighted by Gasteiger charge is -2.20. The summed E-state index contributed by atoms with van der Waals surface area (Å²) in [6.45, 7) is 0.966. The van der Waals surface area contributed by atoms with Gasteiger partial charge >= 0.3 is 0 Å². The van der Waals surface area contributed by atoms with Gasteiger partial charge in [-0.1, -0.05) is 23.2 Å². The number of anilines is 1. The standard InChI is InChI=1S/C20H19Cl2N3O4S3/c1-25(10-13-3-2-8-29-13)32(27,28)14-6-4-12(5-7-14)19(26)24-20-23-16(11-30-20)15-9-17(21)31-18(15)22/h4-7,9,11,13H,2-3,8,10H2,1H3,(H,23,24,26). The highest BCUT2D eigenvalue weighted by atomic mass is 35.5. The van der Waals surface area contributed by atoms with Gasteiger partial charge in [-0.05, 0) is 43.2 Å². The highest BCUT2D eigenvalue weighted by Crippen LogP contribution is 2.39. The number of sulfonamides is 1. The topological polar surface area (TPSA) is 88.6 Å². The molecule has 1 saturated heterocycles. The number of aromatic nitrogens is 1. The molecular weight excluding hydrogens is 513 g/mol. The Morgan fingerprint density at radius 2 is 2.06 bits per heavy atom. The van der Waals surface area contributed by atoms with Crippen LogP contribution < -0.4 is 5.32 Å². The SMILES string of the molecule is CN(CC1CCCO1)S(=O)(=O)c1ccc(C(=O)Nc2nc(-c3cc(Cl)sc3Cl)cs2)cc1. The Labute approximate surface area is 204 Å². The van der Waals surface area contributed by atoms with E-state index in [2.05, 4.69) is 10.3 Å². The summed E-state index contributed by atoms with van der Waals surface area (Å²) in [6, 6.07) is 7.54. The molecule has 0 spiro atoms. The maximum atomic E-state index is 12.8. The van der Waals surface area contributed by atoms with E-state index in [4.69, 9.17) is 27.9 Å². The maximum Gasteiger partial charge on any atom is 0.257 e. The van der Waals surface area contributed by atoms with Crippen molar-refractivity contribution in [2.24, 2.45) is 0 Å². The van der Waals surface area contributed by atoms with Crippen LogP contribution in [-0.4, -0.2) is 49.9 Å². The first-order valence-electron chi connectivity index (χ1n) is 9.64. The number of thiazole rings is 1. The molecule has 1 N–H and O–H groups in total. The van der Waals surface area contributed by atoms with E-state index in [0.29, 0.717) is 43.8 Å². The van der Waals surface area contributed by atoms with Crippen LogP contribution in [0.3, 0.4) is 0 Å². The molecule has 12 heteroatoms. The van der Waals surface area contributed by atoms with Crippen molar-refractivity contribution in [1.29, 1.82) is 0 Å². The third kappa shape index (κ3) is 5.17. The van der Waals surface area contributed by atoms with Crippen molar-refractivity contribution in [3.05, 3.63) is 49.9 Å². The van der Waals surface area contributed by atoms with Gasteiger partial charge in [0.25, 0.3) is 5.91 Å². The normalized spacial score (nSPS) is 16.6. The van der Waals surface area contributed by atoms with Gasteiger partial charge in [-0.2, -0.15) is 4.31 Å². The van der Waals surface area contributed by atoms with Gasteiger partial charge in [0.1, 0.15) is 4.34 Å². The lowest BCUT2D eigenvalue weighted by molar-refractivity contribution is 0.0979. The smallest absolute Gasteiger partial charge is 0.257 e. The Morgan fingerprint density at radius 3 is 2.69 bits per heavy atom. The monoisotopic (exact) mass is 531 g/mol. The molecule has 3 heterocycles. The van der Waals surface area contributed by atoms with Crippen LogP contribution in [-0.2, 0) is 14.8 Å². The van der Waals surface area contributed by atoms with Crippen LogP contribution in [0.4, 0.5) is 5.13 Å². The van der Waals surface area contributed by atoms with Gasteiger partial charge in [-0.25, -0.2) is 13.4 Å². The summed E-state index contributed by atoms with van der Waals surface area (Å²) >= 11 is 14.6. The van der Waals surface area contributed by atoms with E-state index >= 15 is 0 Å². The minimum Gasteiger partial charge on any atom is -0.377 e. The number of amides is 1. The number of hydrogen-bond acceptors (Lipinski definition) is 7. The van der Waals surface area contributed by atoms with E-state index in [9.17, 15) is 13.2 Å². The summed E-state index contributed by atoms with van der Waals surface area (Å²) in [7, 11) is -2.14. The van der Waals surface area contributed by atoms with E-state index in [1.807, 2.05) is 0 Å². The van der Waals surface area contributed by atoms with Crippen LogP contribution in [0.15, 0.2) is 40.6 Å². The number of ether oxygens (including phenoxy) is 1. The van der Waals surface area contributed by atoms with Crippen LogP contribution in [0.5, 0.6) is 0 Å². The number of hydrogen-bond donors (Lipinski definition) is 1. The third-order valence-corrected chi connectivity index (χ3v) is 9.05. The van der Waals surface area contributed by atoms with Crippen molar-refractivity contribution >= 4 is 66.9 Å². The Balaban J connectivity index is 1.42. The van der Waals surface area contributed by atoms with Gasteiger partial charge in [0.05, 0.1) is 21.0 Å². The summed E-state index contributed by atoms with van der Waals surface area (Å²) in [6.07, 6.45) is 1.71. The van der Waals surface area contributed by atoms with Crippen molar-refractivity contribution in [2.75, 3.05) is 25.5 Å². The lowest BCUT2D eigenvalue weighted by Crippen LogP contribution is -2.34. The third-order valence-electron chi connectivity index (χ3n) is 4.97. The molecule has 1 aliphatic rings. The zero-order chi connectivity index (χ0) is 22.9. The Kier molecular flexibility index (Phi) is 7.21. The largest absolute Gasteiger partial charge is 0.377 e. The highest BCUT2D eigenvalue weighted by Gasteiger charge is 2.26. The average molecular weight is 532 g/mol. The molecule has 170 valence electrons. The van der Waals surface area contributed by atoms with E-state index in [1.54, 1.807) is 11.4 Å². The van der Waals surface area contributed by atoms with Gasteiger partial charge in [0.15, 0.2) is 5.13 Å². The maximum absolute atomic E-state index is 12.8. The first-order valence-corrected chi connectivity index (χ1v) is 13.5. The van der Waals surface area contributed by atoms with Crippen LogP contribution >= 0.6 is 45.9 Å². The van der Waals surface area contributed by atoms with E-state index in [-0.39, 0.29) is 11.0 Å². The number of nitrogens with one attached hydrogen (secondary N) is 1. The molecule has 1 aromatic carbocycles. The number of halogens is 2. The Hall–Kier alpha value is -1.53. The Morgan fingerprint density at radius 1 is 1.31 bits per heavy atom. The molecule has 0 radical (unpaired) electrons. The molecule has 0 saturated carbocycles. The van der Waals surface area contributed by atoms with Crippen molar-refractivity contribution in [3.63, 3.8) is 0 Å². The number of thiophene rings is 1. The molecule has 7 nitrogen and oxygen atoms in total. The van der Waals surface area contributed by atoms with Crippen molar-refractivity contribution in [3.8, 4) is 11.3 Å². The van der Waals surface area contributed by atoms with Gasteiger partial charge in [0, 0.05) is 36.7 Å². The number of benzene rings is 1. The van der Waals surface area contributed by atoms with Crippen molar-refractivity contribution in [1.82, 2.24) is 9.29 Å². The predicted molar refractivity (Wildman–Crippen MR) is 129 cm³/mol. The van der Waals surface area contributed by atoms with Gasteiger partial charge in [-0.3, -0.25) is 10.1 Å². The zero-order valence-electron chi connectivity index (χ0n) is 16.9. The van der Waals surface area contributed by atoms with Crippen LogP contribution in [0, 0.1) is 0 Å². The molecule has 3 aromatic rings. The summed E-state index contributed by atoms with van der Waals surface area (Å²) < 4.78 is 33.5. The van der Waals surface area contributed by atoms with Crippen LogP contribution in [0.25, 0.3) is 11.3 Å². The molecule has 1 amide bonds. The molecule has 4 rings (SSSR count). The van der Waals surface area contributed by atoms with E-state index in [1.165, 1.54) is 58.3 Å². The summed E-state index contributed by atoms with van der Waals surface area (Å²) in [5, 5.41) is 4.90. The molecule has 1 unspecified atom stereocenters. The number of carbonyl (C=O) groups is 1. The van der Waals surface area contributed by atoms with Crippen LogP contribution in [0.1, 0.15) is 23.2 Å². The summed E-state index contributed by atoms with van der Waals surface area (Å²) in [5.74, 6) is -0.392. The van der Waals surface area contributed by atoms with Gasteiger partial charge < -0.3 is 4.74 Å². The molecule has 2 aromatic heterocycles. The zero-order valence-corrected chi connectivity index (χ0v) is 20.8. The van der Waals surface area contributed by atoms with Crippen molar-refractivity contribution in [2.45, 2.75) is 23.8 Å². The highest BCUT2D eigenvalue weighted by molar-refractivity contribution is 7.89. The second-order valence-electron chi connectivity index (χ2n) is 7.17. The number of carbonyl (C=O) groups excluding carboxylic acids is 1. The molecular formula is C20H19Cl2N3O4S3. The number of likely N-dealkylation sites (N-methyl/N-ethyl adjacent to an activating group) is 1. The van der Waals surface area contributed by atoms with Crippen molar-refractivity contribution < 1.29 is 17.9 Å². The van der Waals surface area contributed by atoms with Gasteiger partial charge in [0.2, 0.25) is 10.0 Å². The Bertz CT molecular complexity index is 1220. The minimum absolute atomic E-state index is 0.0806. The summed E-state index contributed by atoms with van der Waals surface area (Å²) in [5.41, 5.74) is 1.65. The fourth-order valence-corrected chi connectivity index (χ4v) is 6.66. The van der Waals surface area contributed by atoms with E-state index in [0.717, 1.165) is 12.8 Å². The van der Waals surface area contributed by atoms with Crippen LogP contribution in [0.2, 0.25) is 8.67 Å².